The maximum absolute atomic E-state index is 11.8. The number of nitrogens with one attached hydrogen (secondary N) is 1. The average molecular weight is 327 g/mol. The lowest BCUT2D eigenvalue weighted by Gasteiger charge is -2.10. The van der Waals surface area contributed by atoms with Crippen LogP contribution in [0.25, 0.3) is 0 Å². The topological polar surface area (TPSA) is 47.6 Å². The van der Waals surface area contributed by atoms with Crippen LogP contribution in [-0.4, -0.2) is 25.7 Å². The number of hydrogen-bond acceptors (Lipinski definition) is 3. The van der Waals surface area contributed by atoms with Gasteiger partial charge in [-0.1, -0.05) is 43.7 Å². The molecular formula is C20H25NO3. The minimum absolute atomic E-state index is 0.0105. The fraction of sp³-hybridized carbons (Fsp3) is 0.350. The highest BCUT2D eigenvalue weighted by Gasteiger charge is 2.04. The standard InChI is InChI=1S/C20H25NO3/c1-3-6-17-9-11-18(12-10-17)23-14-13-21-20(22)15-24-19-8-5-4-7-16(19)2/h4-5,7-12H,3,6,13-15H2,1-2H3,(H,21,22). The van der Waals surface area contributed by atoms with Crippen LogP contribution >= 0.6 is 0 Å². The first-order valence-corrected chi connectivity index (χ1v) is 8.36. The summed E-state index contributed by atoms with van der Waals surface area (Å²) in [6.45, 7) is 5.01. The lowest BCUT2D eigenvalue weighted by molar-refractivity contribution is -0.123. The molecular weight excluding hydrogens is 302 g/mol. The molecule has 0 aliphatic rings. The maximum Gasteiger partial charge on any atom is 0.258 e. The molecule has 0 aromatic heterocycles. The summed E-state index contributed by atoms with van der Waals surface area (Å²) in [6.07, 6.45) is 2.22. The van der Waals surface area contributed by atoms with Crippen molar-refractivity contribution in [1.29, 1.82) is 0 Å². The molecule has 2 aromatic carbocycles. The Morgan fingerprint density at radius 3 is 2.50 bits per heavy atom. The smallest absolute Gasteiger partial charge is 0.258 e. The Bertz CT molecular complexity index is 638. The van der Waals surface area contributed by atoms with Crippen molar-refractivity contribution in [2.45, 2.75) is 26.7 Å². The van der Waals surface area contributed by atoms with Crippen LogP contribution in [0.5, 0.6) is 11.5 Å². The highest BCUT2D eigenvalue weighted by atomic mass is 16.5. The fourth-order valence-corrected chi connectivity index (χ4v) is 2.31. The van der Waals surface area contributed by atoms with Gasteiger partial charge in [0.1, 0.15) is 18.1 Å². The number of benzene rings is 2. The molecule has 0 atom stereocenters. The van der Waals surface area contributed by atoms with Gasteiger partial charge < -0.3 is 14.8 Å². The number of para-hydroxylation sites is 1. The zero-order valence-corrected chi connectivity index (χ0v) is 14.4. The Morgan fingerprint density at radius 1 is 1.04 bits per heavy atom. The highest BCUT2D eigenvalue weighted by Crippen LogP contribution is 2.15. The van der Waals surface area contributed by atoms with Gasteiger partial charge in [0, 0.05) is 0 Å². The van der Waals surface area contributed by atoms with E-state index in [2.05, 4.69) is 24.4 Å². The predicted molar refractivity (Wildman–Crippen MR) is 95.6 cm³/mol. The van der Waals surface area contributed by atoms with E-state index in [1.54, 1.807) is 0 Å². The summed E-state index contributed by atoms with van der Waals surface area (Å²) in [4.78, 5) is 11.8. The molecule has 4 nitrogen and oxygen atoms in total. The van der Waals surface area contributed by atoms with Gasteiger partial charge in [-0.3, -0.25) is 4.79 Å². The number of carbonyl (C=O) groups is 1. The second kappa shape index (κ2) is 9.60. The van der Waals surface area contributed by atoms with Crippen molar-refractivity contribution >= 4 is 5.91 Å². The van der Waals surface area contributed by atoms with E-state index in [9.17, 15) is 4.79 Å². The molecule has 24 heavy (non-hydrogen) atoms. The zero-order chi connectivity index (χ0) is 17.2. The van der Waals surface area contributed by atoms with Crippen molar-refractivity contribution in [2.24, 2.45) is 0 Å². The van der Waals surface area contributed by atoms with Crippen LogP contribution < -0.4 is 14.8 Å². The monoisotopic (exact) mass is 327 g/mol. The Morgan fingerprint density at radius 2 is 1.79 bits per heavy atom. The van der Waals surface area contributed by atoms with Gasteiger partial charge in [-0.05, 0) is 42.7 Å². The van der Waals surface area contributed by atoms with E-state index < -0.39 is 0 Å². The third-order valence-corrected chi connectivity index (χ3v) is 3.61. The van der Waals surface area contributed by atoms with E-state index in [0.29, 0.717) is 13.2 Å². The van der Waals surface area contributed by atoms with Crippen LogP contribution in [0, 0.1) is 6.92 Å². The van der Waals surface area contributed by atoms with Gasteiger partial charge in [0.2, 0.25) is 0 Å². The molecule has 0 saturated carbocycles. The summed E-state index contributed by atoms with van der Waals surface area (Å²) in [5.74, 6) is 1.40. The second-order valence-corrected chi connectivity index (χ2v) is 5.65. The largest absolute Gasteiger partial charge is 0.492 e. The number of aryl methyl sites for hydroxylation is 2. The maximum atomic E-state index is 11.8. The molecule has 0 spiro atoms. The molecule has 0 saturated heterocycles. The Balaban J connectivity index is 1.63. The summed E-state index contributed by atoms with van der Waals surface area (Å²) >= 11 is 0. The normalized spacial score (nSPS) is 10.2. The summed E-state index contributed by atoms with van der Waals surface area (Å²) in [7, 11) is 0. The first kappa shape index (κ1) is 17.9. The van der Waals surface area contributed by atoms with E-state index >= 15 is 0 Å². The SMILES string of the molecule is CCCc1ccc(OCCNC(=O)COc2ccccc2C)cc1. The molecule has 0 aliphatic heterocycles. The van der Waals surface area contributed by atoms with Crippen molar-refractivity contribution in [1.82, 2.24) is 5.32 Å². The molecule has 4 heteroatoms. The third-order valence-electron chi connectivity index (χ3n) is 3.61. The van der Waals surface area contributed by atoms with E-state index in [1.165, 1.54) is 5.56 Å². The zero-order valence-electron chi connectivity index (χ0n) is 14.4. The predicted octanol–water partition coefficient (Wildman–Crippen LogP) is 3.52. The summed E-state index contributed by atoms with van der Waals surface area (Å²) in [5.41, 5.74) is 2.33. The number of rotatable bonds is 9. The van der Waals surface area contributed by atoms with Crippen LogP contribution in [-0.2, 0) is 11.2 Å². The molecule has 0 heterocycles. The molecule has 0 aliphatic carbocycles. The minimum Gasteiger partial charge on any atom is -0.492 e. The Kier molecular flexibility index (Phi) is 7.15. The van der Waals surface area contributed by atoms with Gasteiger partial charge in [-0.2, -0.15) is 0 Å². The molecule has 1 N–H and O–H groups in total. The van der Waals surface area contributed by atoms with Crippen LogP contribution in [0.3, 0.4) is 0 Å². The van der Waals surface area contributed by atoms with Gasteiger partial charge in [-0.25, -0.2) is 0 Å². The molecule has 0 unspecified atom stereocenters. The van der Waals surface area contributed by atoms with Crippen molar-refractivity contribution in [2.75, 3.05) is 19.8 Å². The number of amides is 1. The van der Waals surface area contributed by atoms with Gasteiger partial charge in [0.15, 0.2) is 6.61 Å². The van der Waals surface area contributed by atoms with Crippen LogP contribution in [0.4, 0.5) is 0 Å². The molecule has 2 aromatic rings. The minimum atomic E-state index is -0.153. The molecule has 0 radical (unpaired) electrons. The van der Waals surface area contributed by atoms with Crippen molar-refractivity contribution in [3.63, 3.8) is 0 Å². The van der Waals surface area contributed by atoms with Crippen LogP contribution in [0.1, 0.15) is 24.5 Å². The Labute approximate surface area is 143 Å². The fourth-order valence-electron chi connectivity index (χ4n) is 2.31. The van der Waals surface area contributed by atoms with Gasteiger partial charge in [-0.15, -0.1) is 0 Å². The van der Waals surface area contributed by atoms with Gasteiger partial charge in [0.05, 0.1) is 6.54 Å². The van der Waals surface area contributed by atoms with E-state index in [4.69, 9.17) is 9.47 Å². The molecule has 2 rings (SSSR count). The average Bonchev–Trinajstić information content (AvgIpc) is 2.60. The summed E-state index contributed by atoms with van der Waals surface area (Å²) in [6, 6.07) is 15.7. The van der Waals surface area contributed by atoms with Crippen molar-refractivity contribution in [3.05, 3.63) is 59.7 Å². The van der Waals surface area contributed by atoms with Gasteiger partial charge in [0.25, 0.3) is 5.91 Å². The number of hydrogen-bond donors (Lipinski definition) is 1. The number of ether oxygens (including phenoxy) is 2. The first-order valence-electron chi connectivity index (χ1n) is 8.36. The summed E-state index contributed by atoms with van der Waals surface area (Å²) in [5, 5.41) is 2.79. The summed E-state index contributed by atoms with van der Waals surface area (Å²) < 4.78 is 11.1. The molecule has 128 valence electrons. The quantitative estimate of drug-likeness (QED) is 0.717. The number of carbonyl (C=O) groups excluding carboxylic acids is 1. The lowest BCUT2D eigenvalue weighted by atomic mass is 10.1. The van der Waals surface area contributed by atoms with E-state index in [1.807, 2.05) is 43.3 Å². The Hall–Kier alpha value is -2.49. The van der Waals surface area contributed by atoms with Crippen molar-refractivity contribution < 1.29 is 14.3 Å². The van der Waals surface area contributed by atoms with Gasteiger partial charge >= 0.3 is 0 Å². The van der Waals surface area contributed by atoms with Crippen molar-refractivity contribution in [3.8, 4) is 11.5 Å². The van der Waals surface area contributed by atoms with Crippen LogP contribution in [0.2, 0.25) is 0 Å². The molecule has 0 fully saturated rings. The van der Waals surface area contributed by atoms with E-state index in [0.717, 1.165) is 29.9 Å². The third kappa shape index (κ3) is 5.95. The molecule has 0 bridgehead atoms. The second-order valence-electron chi connectivity index (χ2n) is 5.65. The van der Waals surface area contributed by atoms with E-state index in [-0.39, 0.29) is 12.5 Å². The highest BCUT2D eigenvalue weighted by molar-refractivity contribution is 5.77. The first-order chi connectivity index (χ1) is 11.7. The molecule has 1 amide bonds. The lowest BCUT2D eigenvalue weighted by Crippen LogP contribution is -2.32. The van der Waals surface area contributed by atoms with Crippen LogP contribution in [0.15, 0.2) is 48.5 Å².